The second-order valence-corrected chi connectivity index (χ2v) is 17.3. The number of ketones is 3. The highest BCUT2D eigenvalue weighted by atomic mass is 16.4. The largest absolute Gasteiger partial charge is 0.481 e. The third-order valence-electron chi connectivity index (χ3n) is 11.3. The van der Waals surface area contributed by atoms with Crippen LogP contribution in [0, 0.1) is 11.8 Å². The Kier molecular flexibility index (Phi) is 27.6. The zero-order chi connectivity index (χ0) is 52.0. The molecule has 21 nitrogen and oxygen atoms in total. The lowest BCUT2D eigenvalue weighted by Crippen LogP contribution is -2.53. The van der Waals surface area contributed by atoms with E-state index in [2.05, 4.69) is 26.6 Å². The molecule has 2 aromatic rings. The number of unbranched alkanes of at least 4 members (excludes halogenated alkanes) is 5. The van der Waals surface area contributed by atoms with Crippen molar-refractivity contribution >= 4 is 65.0 Å². The van der Waals surface area contributed by atoms with Gasteiger partial charge in [-0.3, -0.25) is 43.2 Å². The minimum Gasteiger partial charge on any atom is -0.481 e. The molecule has 0 aliphatic heterocycles. The van der Waals surface area contributed by atoms with Gasteiger partial charge in [-0.1, -0.05) is 93.3 Å². The lowest BCUT2D eigenvalue weighted by atomic mass is 9.89. The number of carbonyl (C=O) groups is 11. The molecule has 384 valence electrons. The lowest BCUT2D eigenvalue weighted by Gasteiger charge is -2.23. The van der Waals surface area contributed by atoms with Gasteiger partial charge in [0.2, 0.25) is 17.7 Å². The SMILES string of the molecule is C[C@H](CC(=O)[C@H](CC(=O)O)NC(=O)[C@@H](N)CNC(=O)[C@@H](CC(=O)[C@H](Cc1ccccc1)NC(=O)CCCCCCCCC(=O)CC[C@H](NC(=O)NCCCC(=O)O)C(=O)O)Cc1ccccc1)C(=O)O. The van der Waals surface area contributed by atoms with Crippen molar-refractivity contribution in [1.29, 1.82) is 0 Å². The van der Waals surface area contributed by atoms with Crippen LogP contribution in [0.3, 0.4) is 0 Å². The van der Waals surface area contributed by atoms with E-state index >= 15 is 0 Å². The summed E-state index contributed by atoms with van der Waals surface area (Å²) in [5.41, 5.74) is 7.54. The average molecular weight is 981 g/mol. The van der Waals surface area contributed by atoms with Crippen molar-refractivity contribution in [3.05, 3.63) is 71.8 Å². The van der Waals surface area contributed by atoms with Crippen LogP contribution in [0.5, 0.6) is 0 Å². The van der Waals surface area contributed by atoms with Crippen molar-refractivity contribution in [2.45, 2.75) is 140 Å². The summed E-state index contributed by atoms with van der Waals surface area (Å²) in [6.07, 6.45) is 2.94. The van der Waals surface area contributed by atoms with Gasteiger partial charge in [0.15, 0.2) is 11.6 Å². The Balaban J connectivity index is 1.94. The van der Waals surface area contributed by atoms with Gasteiger partial charge in [0.25, 0.3) is 0 Å². The number of carboxylic acid groups (broad SMARTS) is 4. The smallest absolute Gasteiger partial charge is 0.326 e. The molecule has 0 aliphatic carbocycles. The fourth-order valence-electron chi connectivity index (χ4n) is 7.23. The molecule has 2 aromatic carbocycles. The van der Waals surface area contributed by atoms with E-state index in [1.165, 1.54) is 6.92 Å². The Bertz CT molecular complexity index is 2070. The number of amides is 5. The van der Waals surface area contributed by atoms with Crippen molar-refractivity contribution in [3.8, 4) is 0 Å². The summed E-state index contributed by atoms with van der Waals surface area (Å²) in [4.78, 5) is 136. The molecule has 70 heavy (non-hydrogen) atoms. The molecule has 0 unspecified atom stereocenters. The fraction of sp³-hybridized carbons (Fsp3) is 0.531. The van der Waals surface area contributed by atoms with Crippen LogP contribution in [0.15, 0.2) is 60.7 Å². The molecule has 6 atom stereocenters. The van der Waals surface area contributed by atoms with Gasteiger partial charge < -0.3 is 52.7 Å². The second-order valence-electron chi connectivity index (χ2n) is 17.3. The molecule has 0 aliphatic rings. The third kappa shape index (κ3) is 25.4. The summed E-state index contributed by atoms with van der Waals surface area (Å²) in [5.74, 6) is -10.5. The first-order valence-electron chi connectivity index (χ1n) is 23.5. The first-order chi connectivity index (χ1) is 33.2. The van der Waals surface area contributed by atoms with Gasteiger partial charge in [0, 0.05) is 57.5 Å². The highest BCUT2D eigenvalue weighted by molar-refractivity contribution is 5.95. The molecule has 11 N–H and O–H groups in total. The first kappa shape index (κ1) is 59.1. The van der Waals surface area contributed by atoms with Gasteiger partial charge in [0.05, 0.1) is 24.4 Å². The quantitative estimate of drug-likeness (QED) is 0.0435. The molecule has 0 radical (unpaired) electrons. The number of rotatable bonds is 37. The van der Waals surface area contributed by atoms with Gasteiger partial charge in [-0.05, 0) is 49.7 Å². The van der Waals surface area contributed by atoms with Crippen LogP contribution in [0.2, 0.25) is 0 Å². The minimum atomic E-state index is -1.57. The molecule has 0 aromatic heterocycles. The van der Waals surface area contributed by atoms with Crippen LogP contribution >= 0.6 is 0 Å². The zero-order valence-electron chi connectivity index (χ0n) is 39.5. The summed E-state index contributed by atoms with van der Waals surface area (Å²) in [6.45, 7) is 0.858. The van der Waals surface area contributed by atoms with Crippen molar-refractivity contribution in [3.63, 3.8) is 0 Å². The number of nitrogens with one attached hydrogen (secondary N) is 5. The van der Waals surface area contributed by atoms with Gasteiger partial charge in [-0.2, -0.15) is 0 Å². The molecule has 21 heteroatoms. The van der Waals surface area contributed by atoms with E-state index in [0.29, 0.717) is 19.3 Å². The Hall–Kier alpha value is -7.03. The molecular weight excluding hydrogens is 913 g/mol. The predicted molar refractivity (Wildman–Crippen MR) is 253 cm³/mol. The molecule has 0 saturated heterocycles. The first-order valence-corrected chi connectivity index (χ1v) is 23.5. The maximum atomic E-state index is 14.1. The van der Waals surface area contributed by atoms with E-state index in [1.807, 2.05) is 18.2 Å². The third-order valence-corrected chi connectivity index (χ3v) is 11.3. The number of urea groups is 1. The van der Waals surface area contributed by atoms with Gasteiger partial charge in [-0.25, -0.2) is 9.59 Å². The highest BCUT2D eigenvalue weighted by Crippen LogP contribution is 2.18. The number of carboxylic acids is 4. The molecule has 5 amide bonds. The van der Waals surface area contributed by atoms with Crippen LogP contribution in [0.25, 0.3) is 0 Å². The summed E-state index contributed by atoms with van der Waals surface area (Å²) in [6, 6.07) is 11.8. The number of hydrogen-bond acceptors (Lipinski definition) is 12. The van der Waals surface area contributed by atoms with Crippen molar-refractivity contribution < 1.29 is 73.2 Å². The topological polar surface area (TPSA) is 355 Å². The predicted octanol–water partition coefficient (Wildman–Crippen LogP) is 2.70. The number of aliphatic carboxylic acids is 4. The minimum absolute atomic E-state index is 0.0424. The van der Waals surface area contributed by atoms with E-state index < -0.39 is 109 Å². The summed E-state index contributed by atoms with van der Waals surface area (Å²) < 4.78 is 0. The monoisotopic (exact) mass is 980 g/mol. The van der Waals surface area contributed by atoms with E-state index in [4.69, 9.17) is 15.9 Å². The maximum absolute atomic E-state index is 14.1. The van der Waals surface area contributed by atoms with E-state index in [0.717, 1.165) is 30.4 Å². The molecule has 2 rings (SSSR count). The molecule has 0 bridgehead atoms. The summed E-state index contributed by atoms with van der Waals surface area (Å²) in [5, 5.41) is 49.0. The number of nitrogens with two attached hydrogens (primary N) is 1. The normalized spacial score (nSPS) is 13.5. The Morgan fingerprint density at radius 3 is 1.67 bits per heavy atom. The zero-order valence-corrected chi connectivity index (χ0v) is 39.5. The van der Waals surface area contributed by atoms with Crippen LogP contribution in [-0.2, 0) is 60.8 Å². The van der Waals surface area contributed by atoms with Gasteiger partial charge in [-0.15, -0.1) is 0 Å². The van der Waals surface area contributed by atoms with Crippen molar-refractivity contribution in [2.24, 2.45) is 17.6 Å². The van der Waals surface area contributed by atoms with Crippen LogP contribution < -0.4 is 32.3 Å². The molecule has 0 saturated carbocycles. The van der Waals surface area contributed by atoms with Crippen molar-refractivity contribution in [1.82, 2.24) is 26.6 Å². The second kappa shape index (κ2) is 32.7. The van der Waals surface area contributed by atoms with Crippen molar-refractivity contribution in [2.75, 3.05) is 13.1 Å². The van der Waals surface area contributed by atoms with E-state index in [1.54, 1.807) is 42.5 Å². The van der Waals surface area contributed by atoms with Crippen LogP contribution in [0.1, 0.15) is 114 Å². The molecule has 0 fully saturated rings. The van der Waals surface area contributed by atoms with Gasteiger partial charge >= 0.3 is 29.9 Å². The van der Waals surface area contributed by atoms with E-state index in [9.17, 15) is 63.0 Å². The number of carbonyl (C=O) groups excluding carboxylic acids is 7. The standard InChI is InChI=1S/C49H68N6O15/c1-31(47(66)67)25-40(57)39(29-44(62)63)54-46(65)36(50)30-52-45(64)34(26-32-15-8-6-9-16-32)28-41(58)38(27-33-17-10-7-11-18-33)53-42(59)20-13-5-3-2-4-12-19-35(56)22-23-37(48(68)69)55-49(70)51-24-14-21-43(60)61/h6-11,15-18,31,34,36-39H,2-5,12-14,19-30,50H2,1H3,(H,52,64)(H,53,59)(H,54,65)(H,60,61)(H,62,63)(H,66,67)(H,68,69)(H2,51,55,70)/t31-,34-,36+,37+,38+,39+/m1/s1. The average Bonchev–Trinajstić information content (AvgIpc) is 3.31. The molecule has 0 spiro atoms. The van der Waals surface area contributed by atoms with Crippen LogP contribution in [-0.4, -0.2) is 123 Å². The number of benzene rings is 2. The fourth-order valence-corrected chi connectivity index (χ4v) is 7.23. The Morgan fingerprint density at radius 1 is 0.529 bits per heavy atom. The van der Waals surface area contributed by atoms with E-state index in [-0.39, 0.29) is 76.0 Å². The highest BCUT2D eigenvalue weighted by Gasteiger charge is 2.31. The number of hydrogen-bond donors (Lipinski definition) is 10. The Labute approximate surface area is 406 Å². The molecular formula is C49H68N6O15. The number of Topliss-reactive ketones (excluding diaryl/α,β-unsaturated/α-hetero) is 3. The van der Waals surface area contributed by atoms with Gasteiger partial charge in [0.1, 0.15) is 17.9 Å². The Morgan fingerprint density at radius 2 is 1.10 bits per heavy atom. The maximum Gasteiger partial charge on any atom is 0.326 e. The van der Waals surface area contributed by atoms with Crippen LogP contribution in [0.4, 0.5) is 4.79 Å². The molecule has 0 heterocycles. The summed E-state index contributed by atoms with van der Waals surface area (Å²) >= 11 is 0. The summed E-state index contributed by atoms with van der Waals surface area (Å²) in [7, 11) is 0. The lowest BCUT2D eigenvalue weighted by molar-refractivity contribution is -0.144.